The highest BCUT2D eigenvalue weighted by Gasteiger charge is 2.39. The summed E-state index contributed by atoms with van der Waals surface area (Å²) in [4.78, 5) is 48.1. The second-order valence-corrected chi connectivity index (χ2v) is 10.6. The summed E-state index contributed by atoms with van der Waals surface area (Å²) in [5.74, 6) is -2.05. The van der Waals surface area contributed by atoms with Crippen LogP contribution in [-0.4, -0.2) is 95.7 Å². The van der Waals surface area contributed by atoms with Crippen molar-refractivity contribution in [3.8, 4) is 17.1 Å². The number of rotatable bonds is 9. The van der Waals surface area contributed by atoms with Crippen LogP contribution >= 0.6 is 11.6 Å². The van der Waals surface area contributed by atoms with Gasteiger partial charge in [-0.05, 0) is 36.4 Å². The number of piperazine rings is 1. The Morgan fingerprint density at radius 1 is 1.09 bits per heavy atom. The van der Waals surface area contributed by atoms with E-state index in [1.807, 2.05) is 0 Å². The van der Waals surface area contributed by atoms with E-state index in [1.54, 1.807) is 5.32 Å². The number of carbonyl (C=O) groups is 2. The number of aliphatic hydroxyl groups excluding tert-OH is 1. The van der Waals surface area contributed by atoms with E-state index in [0.29, 0.717) is 9.59 Å². The van der Waals surface area contributed by atoms with E-state index in [-0.39, 0.29) is 48.5 Å². The first-order valence-electron chi connectivity index (χ1n) is 13.6. The van der Waals surface area contributed by atoms with Gasteiger partial charge in [0, 0.05) is 29.9 Å². The summed E-state index contributed by atoms with van der Waals surface area (Å²) in [6.07, 6.45) is -11.5. The van der Waals surface area contributed by atoms with Crippen molar-refractivity contribution >= 4 is 29.4 Å². The van der Waals surface area contributed by atoms with Crippen molar-refractivity contribution in [2.45, 2.75) is 31.5 Å². The monoisotopic (exact) mass is 688 g/mol. The molecule has 2 amide bonds. The third-order valence-electron chi connectivity index (χ3n) is 6.68. The van der Waals surface area contributed by atoms with Gasteiger partial charge in [-0.3, -0.25) is 14.2 Å². The Kier molecular flexibility index (Phi) is 9.25. The number of aliphatic hydroxyl groups is 1. The first-order chi connectivity index (χ1) is 22.1. The summed E-state index contributed by atoms with van der Waals surface area (Å²) in [6.45, 7) is -3.23. The van der Waals surface area contributed by atoms with Gasteiger partial charge in [-0.2, -0.15) is 36.0 Å². The maximum Gasteiger partial charge on any atom is 0.416 e. The van der Waals surface area contributed by atoms with E-state index in [4.69, 9.17) is 11.6 Å². The SMILES string of the molecule is O=C1CN(c2nc(Cn3nc(-c4ccc(Cl)cc4)n(CC(O)C(F)(F)F)c3=O)nn2-c2cccnc2C(=O)NCC(F)(F)F)CCN1. The van der Waals surface area contributed by atoms with Crippen LogP contribution in [0.3, 0.4) is 0 Å². The number of hydrogen-bond acceptors (Lipinski definition) is 9. The highest BCUT2D eigenvalue weighted by Crippen LogP contribution is 2.25. The quantitative estimate of drug-likeness (QED) is 0.221. The Hall–Kier alpha value is -4.98. The molecule has 1 aliphatic rings. The van der Waals surface area contributed by atoms with Crippen LogP contribution in [-0.2, 0) is 17.9 Å². The Bertz CT molecular complexity index is 1840. The maximum absolute atomic E-state index is 13.4. The molecule has 4 heterocycles. The number of halogens is 7. The summed E-state index contributed by atoms with van der Waals surface area (Å²) < 4.78 is 80.6. The lowest BCUT2D eigenvalue weighted by atomic mass is 10.2. The van der Waals surface area contributed by atoms with Gasteiger partial charge in [-0.15, -0.1) is 10.2 Å². The molecular formula is C26H23ClF6N10O4. The minimum atomic E-state index is -5.05. The number of nitrogens with zero attached hydrogens (tertiary/aromatic N) is 8. The highest BCUT2D eigenvalue weighted by molar-refractivity contribution is 6.30. The predicted octanol–water partition coefficient (Wildman–Crippen LogP) is 1.54. The molecule has 47 heavy (non-hydrogen) atoms. The minimum absolute atomic E-state index is 0.0504. The van der Waals surface area contributed by atoms with Gasteiger partial charge < -0.3 is 20.6 Å². The van der Waals surface area contributed by atoms with Crippen LogP contribution in [0.4, 0.5) is 32.3 Å². The Morgan fingerprint density at radius 2 is 1.81 bits per heavy atom. The average molecular weight is 689 g/mol. The van der Waals surface area contributed by atoms with E-state index in [9.17, 15) is 45.8 Å². The number of pyridine rings is 1. The molecule has 0 spiro atoms. The van der Waals surface area contributed by atoms with Crippen LogP contribution in [0.15, 0.2) is 47.4 Å². The van der Waals surface area contributed by atoms with Gasteiger partial charge in [0.15, 0.2) is 23.4 Å². The van der Waals surface area contributed by atoms with Crippen molar-refractivity contribution in [3.63, 3.8) is 0 Å². The van der Waals surface area contributed by atoms with Crippen molar-refractivity contribution in [1.29, 1.82) is 0 Å². The number of amides is 2. The van der Waals surface area contributed by atoms with E-state index >= 15 is 0 Å². The Balaban J connectivity index is 1.58. The second kappa shape index (κ2) is 13.0. The number of alkyl halides is 6. The van der Waals surface area contributed by atoms with Crippen LogP contribution in [0.5, 0.6) is 0 Å². The molecule has 14 nitrogen and oxygen atoms in total. The van der Waals surface area contributed by atoms with E-state index in [1.165, 1.54) is 41.3 Å². The van der Waals surface area contributed by atoms with Crippen LogP contribution in [0.2, 0.25) is 5.02 Å². The van der Waals surface area contributed by atoms with Gasteiger partial charge in [0.1, 0.15) is 13.1 Å². The average Bonchev–Trinajstić information content (AvgIpc) is 3.56. The van der Waals surface area contributed by atoms with Gasteiger partial charge >= 0.3 is 18.0 Å². The van der Waals surface area contributed by atoms with Crippen molar-refractivity contribution in [2.24, 2.45) is 0 Å². The first-order valence-corrected chi connectivity index (χ1v) is 13.9. The lowest BCUT2D eigenvalue weighted by Crippen LogP contribution is -2.48. The van der Waals surface area contributed by atoms with Crippen LogP contribution < -0.4 is 21.2 Å². The smallest absolute Gasteiger partial charge is 0.382 e. The standard InChI is InChI=1S/C26H23ClF6N10O4/c27-15-5-3-14(4-6-15)21-39-42(24(47)41(21)10-17(44)26(31,32)33)11-18-37-23(40-9-8-34-19(45)12-40)43(38-18)16-2-1-7-35-20(16)22(46)36-13-25(28,29)30/h1-7,17,44H,8-13H2,(H,34,45)(H,36,46). The third-order valence-corrected chi connectivity index (χ3v) is 6.94. The normalized spacial score (nSPS) is 14.6. The molecule has 1 aliphatic heterocycles. The van der Waals surface area contributed by atoms with Gasteiger partial charge in [-0.1, -0.05) is 11.6 Å². The molecule has 1 unspecified atom stereocenters. The molecular weight excluding hydrogens is 666 g/mol. The molecule has 1 atom stereocenters. The number of anilines is 1. The second-order valence-electron chi connectivity index (χ2n) is 10.1. The van der Waals surface area contributed by atoms with Crippen molar-refractivity contribution in [1.82, 2.24) is 44.7 Å². The fourth-order valence-electron chi connectivity index (χ4n) is 4.53. The fourth-order valence-corrected chi connectivity index (χ4v) is 4.65. The molecule has 4 aromatic rings. The highest BCUT2D eigenvalue weighted by atomic mass is 35.5. The van der Waals surface area contributed by atoms with Gasteiger partial charge in [-0.25, -0.2) is 14.5 Å². The first kappa shape index (κ1) is 33.4. The van der Waals surface area contributed by atoms with E-state index in [2.05, 4.69) is 25.5 Å². The molecule has 0 aliphatic carbocycles. The minimum Gasteiger partial charge on any atom is -0.382 e. The summed E-state index contributed by atoms with van der Waals surface area (Å²) in [6, 6.07) is 8.35. The molecule has 1 aromatic carbocycles. The molecule has 21 heteroatoms. The van der Waals surface area contributed by atoms with Crippen molar-refractivity contribution < 1.29 is 41.0 Å². The maximum atomic E-state index is 13.4. The summed E-state index contributed by atoms with van der Waals surface area (Å²) in [7, 11) is 0. The number of carbonyl (C=O) groups excluding carboxylic acids is 2. The molecule has 1 saturated heterocycles. The molecule has 0 radical (unpaired) electrons. The van der Waals surface area contributed by atoms with Crippen molar-refractivity contribution in [3.05, 3.63) is 69.6 Å². The molecule has 250 valence electrons. The Labute approximate surface area is 264 Å². The largest absolute Gasteiger partial charge is 0.416 e. The van der Waals surface area contributed by atoms with Gasteiger partial charge in [0.05, 0.1) is 18.8 Å². The lowest BCUT2D eigenvalue weighted by molar-refractivity contribution is -0.207. The van der Waals surface area contributed by atoms with Crippen LogP contribution in [0.25, 0.3) is 17.1 Å². The zero-order chi connectivity index (χ0) is 34.1. The number of benzene rings is 1. The zero-order valence-corrected chi connectivity index (χ0v) is 24.5. The van der Waals surface area contributed by atoms with Crippen LogP contribution in [0.1, 0.15) is 16.3 Å². The fraction of sp³-hybridized carbons (Fsp3) is 0.346. The molecule has 5 rings (SSSR count). The molecule has 0 bridgehead atoms. The van der Waals surface area contributed by atoms with E-state index in [0.717, 1.165) is 15.6 Å². The molecule has 3 N–H and O–H groups in total. The summed E-state index contributed by atoms with van der Waals surface area (Å²) >= 11 is 5.93. The van der Waals surface area contributed by atoms with Crippen molar-refractivity contribution in [2.75, 3.05) is 31.1 Å². The lowest BCUT2D eigenvalue weighted by Gasteiger charge is -2.27. The summed E-state index contributed by atoms with van der Waals surface area (Å²) in [5, 5.41) is 22.9. The molecule has 0 saturated carbocycles. The van der Waals surface area contributed by atoms with Gasteiger partial charge in [0.25, 0.3) is 5.91 Å². The third kappa shape index (κ3) is 7.71. The predicted molar refractivity (Wildman–Crippen MR) is 151 cm³/mol. The number of nitrogens with one attached hydrogen (secondary N) is 2. The summed E-state index contributed by atoms with van der Waals surface area (Å²) in [5.41, 5.74) is -1.46. The number of hydrogen-bond donors (Lipinski definition) is 3. The molecule has 1 fully saturated rings. The number of aromatic nitrogens is 7. The topological polar surface area (TPSA) is 165 Å². The molecule has 3 aromatic heterocycles. The Morgan fingerprint density at radius 3 is 2.47 bits per heavy atom. The zero-order valence-electron chi connectivity index (χ0n) is 23.8. The van der Waals surface area contributed by atoms with Gasteiger partial charge in [0.2, 0.25) is 11.9 Å². The van der Waals surface area contributed by atoms with Crippen LogP contribution in [0, 0.1) is 0 Å². The van der Waals surface area contributed by atoms with E-state index < -0.39 is 61.3 Å².